The van der Waals surface area contributed by atoms with E-state index in [0.717, 1.165) is 5.57 Å². The van der Waals surface area contributed by atoms with Crippen LogP contribution in [0, 0.1) is 5.41 Å². The molecule has 1 aliphatic rings. The Kier molecular flexibility index (Phi) is 2.76. The standard InChI is InChI=1S/C10H16O3/c1-7-4-5-8(13-6-11)10(2,3)9(7)12/h4,6,8-9,12H,5H2,1-3H3/t8-,9-/m0/s1. The molecule has 1 aliphatic carbocycles. The van der Waals surface area contributed by atoms with Gasteiger partial charge in [-0.25, -0.2) is 0 Å². The highest BCUT2D eigenvalue weighted by Crippen LogP contribution is 2.37. The Hall–Kier alpha value is -0.830. The number of ether oxygens (including phenoxy) is 1. The average Bonchev–Trinajstić information content (AvgIpc) is 2.07. The number of rotatable bonds is 2. The highest BCUT2D eigenvalue weighted by Gasteiger charge is 2.40. The lowest BCUT2D eigenvalue weighted by atomic mass is 9.73. The second-order valence-corrected chi connectivity index (χ2v) is 4.13. The molecule has 0 aromatic carbocycles. The van der Waals surface area contributed by atoms with Gasteiger partial charge in [0.05, 0.1) is 6.10 Å². The van der Waals surface area contributed by atoms with Crippen molar-refractivity contribution in [2.45, 2.75) is 39.4 Å². The van der Waals surface area contributed by atoms with Gasteiger partial charge in [0.25, 0.3) is 6.47 Å². The molecular formula is C10H16O3. The Morgan fingerprint density at radius 2 is 2.31 bits per heavy atom. The lowest BCUT2D eigenvalue weighted by Gasteiger charge is -2.40. The third-order valence-corrected chi connectivity index (χ3v) is 2.84. The van der Waals surface area contributed by atoms with Crippen LogP contribution in [0.2, 0.25) is 0 Å². The lowest BCUT2D eigenvalue weighted by Crippen LogP contribution is -2.44. The van der Waals surface area contributed by atoms with Crippen LogP contribution in [-0.4, -0.2) is 23.8 Å². The second kappa shape index (κ2) is 3.50. The molecule has 0 heterocycles. The van der Waals surface area contributed by atoms with Gasteiger partial charge in [-0.3, -0.25) is 4.79 Å². The summed E-state index contributed by atoms with van der Waals surface area (Å²) in [5, 5.41) is 9.84. The largest absolute Gasteiger partial charge is 0.464 e. The first kappa shape index (κ1) is 10.3. The van der Waals surface area contributed by atoms with Gasteiger partial charge < -0.3 is 9.84 Å². The summed E-state index contributed by atoms with van der Waals surface area (Å²) >= 11 is 0. The molecule has 3 heteroatoms. The first-order valence-corrected chi connectivity index (χ1v) is 4.44. The van der Waals surface area contributed by atoms with Crippen molar-refractivity contribution in [1.82, 2.24) is 0 Å². The molecule has 0 unspecified atom stereocenters. The molecular weight excluding hydrogens is 168 g/mol. The van der Waals surface area contributed by atoms with E-state index in [9.17, 15) is 9.90 Å². The van der Waals surface area contributed by atoms with Gasteiger partial charge in [-0.15, -0.1) is 0 Å². The van der Waals surface area contributed by atoms with E-state index in [1.807, 2.05) is 26.8 Å². The number of aliphatic hydroxyl groups is 1. The summed E-state index contributed by atoms with van der Waals surface area (Å²) in [6.45, 7) is 6.15. The van der Waals surface area contributed by atoms with Gasteiger partial charge in [0, 0.05) is 11.8 Å². The normalized spacial score (nSPS) is 32.2. The van der Waals surface area contributed by atoms with Gasteiger partial charge in [-0.2, -0.15) is 0 Å². The van der Waals surface area contributed by atoms with E-state index in [4.69, 9.17) is 4.74 Å². The minimum Gasteiger partial charge on any atom is -0.464 e. The lowest BCUT2D eigenvalue weighted by molar-refractivity contribution is -0.144. The Labute approximate surface area is 78.4 Å². The third-order valence-electron chi connectivity index (χ3n) is 2.84. The van der Waals surface area contributed by atoms with E-state index >= 15 is 0 Å². The van der Waals surface area contributed by atoms with Gasteiger partial charge in [0.1, 0.15) is 6.10 Å². The van der Waals surface area contributed by atoms with Gasteiger partial charge in [-0.1, -0.05) is 19.9 Å². The maximum absolute atomic E-state index is 10.2. The summed E-state index contributed by atoms with van der Waals surface area (Å²) in [6.07, 6.45) is 1.87. The van der Waals surface area contributed by atoms with E-state index < -0.39 is 6.10 Å². The maximum Gasteiger partial charge on any atom is 0.293 e. The summed E-state index contributed by atoms with van der Waals surface area (Å²) in [5.74, 6) is 0. The van der Waals surface area contributed by atoms with Crippen LogP contribution < -0.4 is 0 Å². The minimum atomic E-state index is -0.522. The molecule has 1 N–H and O–H groups in total. The van der Waals surface area contributed by atoms with Crippen LogP contribution in [0.25, 0.3) is 0 Å². The summed E-state index contributed by atoms with van der Waals surface area (Å²) < 4.78 is 4.93. The van der Waals surface area contributed by atoms with Crippen molar-refractivity contribution in [1.29, 1.82) is 0 Å². The molecule has 0 amide bonds. The Bertz CT molecular complexity index is 230. The fraction of sp³-hybridized carbons (Fsp3) is 0.700. The number of carbonyl (C=O) groups is 1. The minimum absolute atomic E-state index is 0.219. The van der Waals surface area contributed by atoms with Crippen molar-refractivity contribution in [2.24, 2.45) is 5.41 Å². The predicted octanol–water partition coefficient (Wildman–Crippen LogP) is 1.27. The van der Waals surface area contributed by atoms with E-state index in [-0.39, 0.29) is 11.5 Å². The SMILES string of the molecule is CC1=CC[C@H](OC=O)C(C)(C)[C@H]1O. The van der Waals surface area contributed by atoms with E-state index in [2.05, 4.69) is 0 Å². The first-order valence-electron chi connectivity index (χ1n) is 4.44. The molecule has 74 valence electrons. The zero-order chi connectivity index (χ0) is 10.1. The van der Waals surface area contributed by atoms with Crippen LogP contribution in [-0.2, 0) is 9.53 Å². The summed E-state index contributed by atoms with van der Waals surface area (Å²) in [6, 6.07) is 0. The van der Waals surface area contributed by atoms with E-state index in [1.54, 1.807) is 0 Å². The van der Waals surface area contributed by atoms with Crippen molar-refractivity contribution in [2.75, 3.05) is 0 Å². The summed E-state index contributed by atoms with van der Waals surface area (Å²) in [4.78, 5) is 10.2. The zero-order valence-corrected chi connectivity index (χ0v) is 8.28. The van der Waals surface area contributed by atoms with Crippen molar-refractivity contribution in [3.8, 4) is 0 Å². The molecule has 0 aromatic rings. The predicted molar refractivity (Wildman–Crippen MR) is 49.1 cm³/mol. The van der Waals surface area contributed by atoms with Crippen LogP contribution in [0.3, 0.4) is 0 Å². The van der Waals surface area contributed by atoms with Crippen LogP contribution in [0.5, 0.6) is 0 Å². The molecule has 0 bridgehead atoms. The molecule has 0 saturated carbocycles. The number of aliphatic hydroxyl groups excluding tert-OH is 1. The van der Waals surface area contributed by atoms with Gasteiger partial charge in [-0.05, 0) is 12.5 Å². The molecule has 2 atom stereocenters. The molecule has 1 rings (SSSR count). The number of hydrogen-bond donors (Lipinski definition) is 1. The van der Waals surface area contributed by atoms with Crippen LogP contribution in [0.4, 0.5) is 0 Å². The van der Waals surface area contributed by atoms with Crippen molar-refractivity contribution in [3.05, 3.63) is 11.6 Å². The third kappa shape index (κ3) is 1.75. The molecule has 0 spiro atoms. The highest BCUT2D eigenvalue weighted by molar-refractivity contribution is 5.38. The molecule has 0 aliphatic heterocycles. The molecule has 3 nitrogen and oxygen atoms in total. The Morgan fingerprint density at radius 3 is 2.85 bits per heavy atom. The van der Waals surface area contributed by atoms with Gasteiger partial charge in [0.15, 0.2) is 0 Å². The van der Waals surface area contributed by atoms with Crippen LogP contribution >= 0.6 is 0 Å². The quantitative estimate of drug-likeness (QED) is 0.519. The van der Waals surface area contributed by atoms with Gasteiger partial charge >= 0.3 is 0 Å². The topological polar surface area (TPSA) is 46.5 Å². The fourth-order valence-corrected chi connectivity index (χ4v) is 1.77. The number of hydrogen-bond acceptors (Lipinski definition) is 3. The summed E-state index contributed by atoms with van der Waals surface area (Å²) in [5.41, 5.74) is 0.565. The number of carbonyl (C=O) groups excluding carboxylic acids is 1. The van der Waals surface area contributed by atoms with Crippen molar-refractivity contribution in [3.63, 3.8) is 0 Å². The van der Waals surface area contributed by atoms with Crippen molar-refractivity contribution < 1.29 is 14.6 Å². The Balaban J connectivity index is 2.85. The van der Waals surface area contributed by atoms with Crippen LogP contribution in [0.1, 0.15) is 27.2 Å². The van der Waals surface area contributed by atoms with Crippen LogP contribution in [0.15, 0.2) is 11.6 Å². The molecule has 0 fully saturated rings. The van der Waals surface area contributed by atoms with E-state index in [0.29, 0.717) is 12.9 Å². The second-order valence-electron chi connectivity index (χ2n) is 4.13. The summed E-state index contributed by atoms with van der Waals surface area (Å²) in [7, 11) is 0. The molecule has 0 saturated heterocycles. The monoisotopic (exact) mass is 184 g/mol. The highest BCUT2D eigenvalue weighted by atomic mass is 16.5. The average molecular weight is 184 g/mol. The zero-order valence-electron chi connectivity index (χ0n) is 8.28. The van der Waals surface area contributed by atoms with E-state index in [1.165, 1.54) is 0 Å². The smallest absolute Gasteiger partial charge is 0.293 e. The van der Waals surface area contributed by atoms with Gasteiger partial charge in [0.2, 0.25) is 0 Å². The fourth-order valence-electron chi connectivity index (χ4n) is 1.77. The first-order chi connectivity index (χ1) is 6.00. The van der Waals surface area contributed by atoms with Crippen molar-refractivity contribution >= 4 is 6.47 Å². The Morgan fingerprint density at radius 1 is 1.69 bits per heavy atom. The maximum atomic E-state index is 10.2. The molecule has 0 radical (unpaired) electrons. The molecule has 0 aromatic heterocycles. The molecule has 13 heavy (non-hydrogen) atoms.